The van der Waals surface area contributed by atoms with Gasteiger partial charge >= 0.3 is 4.87 Å². The molecule has 68 valence electrons. The second-order valence-electron chi connectivity index (χ2n) is 2.59. The Bertz CT molecular complexity index is 456. The van der Waals surface area contributed by atoms with Crippen LogP contribution in [-0.2, 0) is 6.54 Å². The van der Waals surface area contributed by atoms with Gasteiger partial charge in [-0.25, -0.2) is 4.63 Å². The van der Waals surface area contributed by atoms with Crippen molar-refractivity contribution in [1.82, 2.24) is 14.9 Å². The van der Waals surface area contributed by atoms with Crippen molar-refractivity contribution in [2.45, 2.75) is 13.5 Å². The van der Waals surface area contributed by atoms with E-state index in [0.29, 0.717) is 12.2 Å². The highest BCUT2D eigenvalue weighted by atomic mass is 32.1. The summed E-state index contributed by atoms with van der Waals surface area (Å²) in [6, 6.07) is 0. The molecule has 0 spiro atoms. The van der Waals surface area contributed by atoms with Crippen molar-refractivity contribution < 1.29 is 4.63 Å². The zero-order valence-corrected chi connectivity index (χ0v) is 7.74. The molecule has 6 heteroatoms. The van der Waals surface area contributed by atoms with Crippen LogP contribution in [0.5, 0.6) is 0 Å². The van der Waals surface area contributed by atoms with Gasteiger partial charge in [-0.2, -0.15) is 0 Å². The highest BCUT2D eigenvalue weighted by Gasteiger charge is 2.06. The third kappa shape index (κ3) is 1.52. The first-order chi connectivity index (χ1) is 6.27. The summed E-state index contributed by atoms with van der Waals surface area (Å²) < 4.78 is 6.09. The van der Waals surface area contributed by atoms with Gasteiger partial charge in [0, 0.05) is 11.6 Å². The zero-order valence-electron chi connectivity index (χ0n) is 6.93. The van der Waals surface area contributed by atoms with Gasteiger partial charge in [-0.15, -0.1) is 0 Å². The molecule has 0 amide bonds. The SMILES string of the molecule is Cc1nonc1Cn1ccsc1=O. The van der Waals surface area contributed by atoms with E-state index >= 15 is 0 Å². The lowest BCUT2D eigenvalue weighted by molar-refractivity contribution is 0.300. The van der Waals surface area contributed by atoms with Gasteiger partial charge in [0.05, 0.1) is 6.54 Å². The number of rotatable bonds is 2. The lowest BCUT2D eigenvalue weighted by atomic mass is 10.3. The van der Waals surface area contributed by atoms with Crippen molar-refractivity contribution in [3.63, 3.8) is 0 Å². The van der Waals surface area contributed by atoms with E-state index in [0.717, 1.165) is 17.0 Å². The number of aromatic nitrogens is 3. The van der Waals surface area contributed by atoms with Gasteiger partial charge in [0.15, 0.2) is 0 Å². The molecule has 0 fully saturated rings. The number of thiazole rings is 1. The molecule has 2 aromatic heterocycles. The van der Waals surface area contributed by atoms with Gasteiger partial charge in [-0.1, -0.05) is 21.7 Å². The average Bonchev–Trinajstić information content (AvgIpc) is 2.65. The van der Waals surface area contributed by atoms with E-state index in [1.165, 1.54) is 0 Å². The largest absolute Gasteiger partial charge is 0.307 e. The van der Waals surface area contributed by atoms with Crippen molar-refractivity contribution in [2.24, 2.45) is 0 Å². The third-order valence-corrected chi connectivity index (χ3v) is 2.40. The molecule has 2 aromatic rings. The minimum absolute atomic E-state index is 0.00222. The Morgan fingerprint density at radius 2 is 2.46 bits per heavy atom. The quantitative estimate of drug-likeness (QED) is 0.709. The Balaban J connectivity index is 2.29. The Hall–Kier alpha value is -1.43. The molecule has 0 saturated heterocycles. The lowest BCUT2D eigenvalue weighted by Crippen LogP contribution is -2.13. The van der Waals surface area contributed by atoms with E-state index < -0.39 is 0 Å². The predicted molar refractivity (Wildman–Crippen MR) is 46.7 cm³/mol. The number of nitrogens with zero attached hydrogens (tertiary/aromatic N) is 3. The van der Waals surface area contributed by atoms with E-state index in [9.17, 15) is 4.79 Å². The molecule has 0 unspecified atom stereocenters. The molecule has 0 aliphatic rings. The molecule has 0 radical (unpaired) electrons. The molecule has 2 heterocycles. The maximum Gasteiger partial charge on any atom is 0.307 e. The standard InChI is InChI=1S/C7H7N3O2S/c1-5-6(9-12-8-5)4-10-2-3-13-7(10)11/h2-3H,4H2,1H3. The monoisotopic (exact) mass is 197 g/mol. The summed E-state index contributed by atoms with van der Waals surface area (Å²) in [4.78, 5) is 11.2. The van der Waals surface area contributed by atoms with Crippen LogP contribution in [0.25, 0.3) is 0 Å². The van der Waals surface area contributed by atoms with Crippen molar-refractivity contribution in [3.05, 3.63) is 32.6 Å². The summed E-state index contributed by atoms with van der Waals surface area (Å²) in [5.41, 5.74) is 1.42. The van der Waals surface area contributed by atoms with Crippen LogP contribution >= 0.6 is 11.3 Å². The summed E-state index contributed by atoms with van der Waals surface area (Å²) in [7, 11) is 0. The molecule has 0 aromatic carbocycles. The third-order valence-electron chi connectivity index (χ3n) is 1.71. The molecular weight excluding hydrogens is 190 g/mol. The van der Waals surface area contributed by atoms with Gasteiger partial charge in [0.2, 0.25) is 0 Å². The van der Waals surface area contributed by atoms with Gasteiger partial charge < -0.3 is 0 Å². The van der Waals surface area contributed by atoms with Gasteiger partial charge in [0.25, 0.3) is 0 Å². The Morgan fingerprint density at radius 1 is 1.62 bits per heavy atom. The minimum Gasteiger partial charge on any atom is -0.300 e. The molecular formula is C7H7N3O2S. The van der Waals surface area contributed by atoms with Gasteiger partial charge in [0.1, 0.15) is 11.4 Å². The van der Waals surface area contributed by atoms with Crippen LogP contribution in [0.3, 0.4) is 0 Å². The topological polar surface area (TPSA) is 60.9 Å². The maximum atomic E-state index is 11.2. The van der Waals surface area contributed by atoms with E-state index in [4.69, 9.17) is 0 Å². The lowest BCUT2D eigenvalue weighted by Gasteiger charge is -1.95. The second kappa shape index (κ2) is 3.14. The Labute approximate surface area is 77.6 Å². The highest BCUT2D eigenvalue weighted by Crippen LogP contribution is 2.02. The molecule has 0 saturated carbocycles. The highest BCUT2D eigenvalue weighted by molar-refractivity contribution is 7.07. The van der Waals surface area contributed by atoms with E-state index in [1.54, 1.807) is 23.1 Å². The number of aryl methyl sites for hydroxylation is 1. The van der Waals surface area contributed by atoms with Crippen molar-refractivity contribution >= 4 is 11.3 Å². The fourth-order valence-electron chi connectivity index (χ4n) is 0.962. The van der Waals surface area contributed by atoms with Crippen LogP contribution in [-0.4, -0.2) is 14.9 Å². The summed E-state index contributed by atoms with van der Waals surface area (Å²) >= 11 is 1.16. The second-order valence-corrected chi connectivity index (χ2v) is 3.45. The van der Waals surface area contributed by atoms with Crippen LogP contribution in [0.2, 0.25) is 0 Å². The first-order valence-corrected chi connectivity index (χ1v) is 4.57. The molecule has 2 rings (SSSR count). The van der Waals surface area contributed by atoms with Crippen LogP contribution in [0, 0.1) is 6.92 Å². The first-order valence-electron chi connectivity index (χ1n) is 3.69. The van der Waals surface area contributed by atoms with Gasteiger partial charge in [-0.3, -0.25) is 9.36 Å². The van der Waals surface area contributed by atoms with Crippen LogP contribution in [0.4, 0.5) is 0 Å². The van der Waals surface area contributed by atoms with E-state index in [2.05, 4.69) is 14.9 Å². The fourth-order valence-corrected chi connectivity index (χ4v) is 1.55. The molecule has 0 aliphatic heterocycles. The van der Waals surface area contributed by atoms with Crippen LogP contribution < -0.4 is 4.87 Å². The summed E-state index contributed by atoms with van der Waals surface area (Å²) in [5.74, 6) is 0. The summed E-state index contributed by atoms with van der Waals surface area (Å²) in [6.07, 6.45) is 1.72. The molecule has 0 bridgehead atoms. The maximum absolute atomic E-state index is 11.2. The Morgan fingerprint density at radius 3 is 3.00 bits per heavy atom. The Kier molecular flexibility index (Phi) is 1.97. The average molecular weight is 197 g/mol. The predicted octanol–water partition coefficient (Wildman–Crippen LogP) is 0.650. The number of hydrogen-bond donors (Lipinski definition) is 0. The van der Waals surface area contributed by atoms with Gasteiger partial charge in [-0.05, 0) is 6.92 Å². The fraction of sp³-hybridized carbons (Fsp3) is 0.286. The van der Waals surface area contributed by atoms with Crippen LogP contribution in [0.1, 0.15) is 11.4 Å². The van der Waals surface area contributed by atoms with E-state index in [-0.39, 0.29) is 4.87 Å². The van der Waals surface area contributed by atoms with Crippen LogP contribution in [0.15, 0.2) is 21.0 Å². The smallest absolute Gasteiger partial charge is 0.300 e. The molecule has 0 aliphatic carbocycles. The van der Waals surface area contributed by atoms with E-state index in [1.807, 2.05) is 0 Å². The minimum atomic E-state index is 0.00222. The van der Waals surface area contributed by atoms with Crippen molar-refractivity contribution in [3.8, 4) is 0 Å². The molecule has 0 N–H and O–H groups in total. The molecule has 13 heavy (non-hydrogen) atoms. The summed E-state index contributed by atoms with van der Waals surface area (Å²) in [5, 5.41) is 9.06. The first kappa shape index (κ1) is 8.18. The van der Waals surface area contributed by atoms with Crippen molar-refractivity contribution in [1.29, 1.82) is 0 Å². The zero-order chi connectivity index (χ0) is 9.26. The molecule has 0 atom stereocenters. The number of hydrogen-bond acceptors (Lipinski definition) is 5. The summed E-state index contributed by atoms with van der Waals surface area (Å²) in [6.45, 7) is 2.22. The van der Waals surface area contributed by atoms with Crippen molar-refractivity contribution in [2.75, 3.05) is 0 Å². The molecule has 5 nitrogen and oxygen atoms in total. The normalized spacial score (nSPS) is 10.5.